The molecule has 0 saturated heterocycles. The standard InChI is InChI=1S/C53H46N2/c1-35-19-16-20-36(2)50(35)54-52-44-31-17-29-42-30-18-32-45(49(42)44)53(52)55-51-37(3)33-43(47(38-21-8-4-9-22-38)39-23-10-5-11-24-39)34-46(51)48(40-25-12-6-13-26-40)41-27-14-7-15-28-41/h4-34,47-48,52-55H,1-3H3. The summed E-state index contributed by atoms with van der Waals surface area (Å²) in [5, 5.41) is 11.0. The minimum Gasteiger partial charge on any atom is -0.375 e. The van der Waals surface area contributed by atoms with Gasteiger partial charge in [0, 0.05) is 23.2 Å². The third kappa shape index (κ3) is 6.49. The molecule has 268 valence electrons. The van der Waals surface area contributed by atoms with Crippen molar-refractivity contribution in [2.45, 2.75) is 44.7 Å². The lowest BCUT2D eigenvalue weighted by Crippen LogP contribution is -2.24. The Balaban J connectivity index is 1.27. The summed E-state index contributed by atoms with van der Waals surface area (Å²) in [5.74, 6) is 0.0735. The van der Waals surface area contributed by atoms with E-state index in [0.717, 1.165) is 0 Å². The number of nitrogens with one attached hydrogen (secondary N) is 2. The van der Waals surface area contributed by atoms with Gasteiger partial charge in [-0.3, -0.25) is 0 Å². The molecule has 0 heterocycles. The quantitative estimate of drug-likeness (QED) is 0.138. The van der Waals surface area contributed by atoms with Crippen LogP contribution >= 0.6 is 0 Å². The molecule has 2 unspecified atom stereocenters. The minimum atomic E-state index is -0.0188. The first-order valence-corrected chi connectivity index (χ1v) is 19.5. The Hall–Kier alpha value is -6.38. The Labute approximate surface area is 325 Å². The predicted molar refractivity (Wildman–Crippen MR) is 231 cm³/mol. The van der Waals surface area contributed by atoms with E-state index in [1.54, 1.807) is 0 Å². The molecule has 1 aliphatic carbocycles. The van der Waals surface area contributed by atoms with Crippen LogP contribution in [0.5, 0.6) is 0 Å². The predicted octanol–water partition coefficient (Wildman–Crippen LogP) is 13.4. The Morgan fingerprint density at radius 2 is 0.782 bits per heavy atom. The first-order valence-electron chi connectivity index (χ1n) is 19.5. The van der Waals surface area contributed by atoms with Crippen molar-refractivity contribution < 1.29 is 0 Å². The second-order valence-electron chi connectivity index (χ2n) is 15.1. The first kappa shape index (κ1) is 34.4. The van der Waals surface area contributed by atoms with E-state index in [1.165, 1.54) is 83.3 Å². The average Bonchev–Trinajstić information content (AvgIpc) is 3.52. The molecule has 2 heteroatoms. The summed E-state index contributed by atoms with van der Waals surface area (Å²) in [4.78, 5) is 0. The van der Waals surface area contributed by atoms with Crippen molar-refractivity contribution in [3.8, 4) is 0 Å². The highest BCUT2D eigenvalue weighted by Gasteiger charge is 2.36. The topological polar surface area (TPSA) is 24.1 Å². The fourth-order valence-electron chi connectivity index (χ4n) is 9.10. The van der Waals surface area contributed by atoms with E-state index in [0.29, 0.717) is 0 Å². The molecular formula is C53H46N2. The molecule has 2 atom stereocenters. The van der Waals surface area contributed by atoms with Crippen molar-refractivity contribution in [2.75, 3.05) is 10.6 Å². The molecule has 0 amide bonds. The normalized spacial score (nSPS) is 14.8. The van der Waals surface area contributed by atoms with Gasteiger partial charge in [-0.2, -0.15) is 0 Å². The molecule has 0 bridgehead atoms. The molecule has 0 spiro atoms. The Kier molecular flexibility index (Phi) is 9.26. The summed E-state index contributed by atoms with van der Waals surface area (Å²) >= 11 is 0. The first-order chi connectivity index (χ1) is 27.0. The zero-order valence-corrected chi connectivity index (χ0v) is 31.7. The van der Waals surface area contributed by atoms with Crippen LogP contribution < -0.4 is 10.6 Å². The van der Waals surface area contributed by atoms with E-state index < -0.39 is 0 Å². The molecule has 8 aromatic carbocycles. The van der Waals surface area contributed by atoms with Gasteiger partial charge < -0.3 is 10.6 Å². The monoisotopic (exact) mass is 710 g/mol. The highest BCUT2D eigenvalue weighted by Crippen LogP contribution is 2.50. The largest absolute Gasteiger partial charge is 0.375 e. The fourth-order valence-corrected chi connectivity index (χ4v) is 9.10. The zero-order valence-electron chi connectivity index (χ0n) is 31.7. The summed E-state index contributed by atoms with van der Waals surface area (Å²) < 4.78 is 0. The Morgan fingerprint density at radius 3 is 1.25 bits per heavy atom. The van der Waals surface area contributed by atoms with Crippen LogP contribution in [0.15, 0.2) is 188 Å². The van der Waals surface area contributed by atoms with E-state index in [4.69, 9.17) is 0 Å². The highest BCUT2D eigenvalue weighted by atomic mass is 15.0. The zero-order chi connectivity index (χ0) is 37.3. The molecule has 1 aliphatic rings. The van der Waals surface area contributed by atoms with Crippen molar-refractivity contribution in [2.24, 2.45) is 0 Å². The number of rotatable bonds is 10. The highest BCUT2D eigenvalue weighted by molar-refractivity contribution is 5.93. The van der Waals surface area contributed by atoms with Crippen LogP contribution in [0, 0.1) is 20.8 Å². The van der Waals surface area contributed by atoms with Crippen molar-refractivity contribution in [1.82, 2.24) is 0 Å². The molecular weight excluding hydrogens is 665 g/mol. The summed E-state index contributed by atoms with van der Waals surface area (Å²) in [6.07, 6.45) is 0. The lowest BCUT2D eigenvalue weighted by Gasteiger charge is -2.32. The Morgan fingerprint density at radius 1 is 0.364 bits per heavy atom. The van der Waals surface area contributed by atoms with Crippen molar-refractivity contribution >= 4 is 22.1 Å². The molecule has 0 aliphatic heterocycles. The molecule has 8 aromatic rings. The second-order valence-corrected chi connectivity index (χ2v) is 15.1. The Bertz CT molecular complexity index is 2470. The maximum absolute atomic E-state index is 4.30. The van der Waals surface area contributed by atoms with Crippen LogP contribution in [0.2, 0.25) is 0 Å². The van der Waals surface area contributed by atoms with E-state index in [-0.39, 0.29) is 23.9 Å². The second kappa shape index (κ2) is 14.8. The van der Waals surface area contributed by atoms with Crippen LogP contribution in [0.4, 0.5) is 11.4 Å². The third-order valence-corrected chi connectivity index (χ3v) is 11.6. The van der Waals surface area contributed by atoms with Crippen LogP contribution in [0.25, 0.3) is 10.8 Å². The van der Waals surface area contributed by atoms with Crippen molar-refractivity contribution in [3.63, 3.8) is 0 Å². The van der Waals surface area contributed by atoms with E-state index in [9.17, 15) is 0 Å². The maximum Gasteiger partial charge on any atom is 0.0763 e. The van der Waals surface area contributed by atoms with E-state index in [2.05, 4.69) is 219 Å². The molecule has 2 nitrogen and oxygen atoms in total. The number of para-hydroxylation sites is 1. The van der Waals surface area contributed by atoms with Gasteiger partial charge in [-0.1, -0.05) is 188 Å². The smallest absolute Gasteiger partial charge is 0.0763 e. The minimum absolute atomic E-state index is 0.000314. The molecule has 55 heavy (non-hydrogen) atoms. The van der Waals surface area contributed by atoms with Gasteiger partial charge in [0.1, 0.15) is 0 Å². The molecule has 0 fully saturated rings. The van der Waals surface area contributed by atoms with Crippen LogP contribution in [0.1, 0.15) is 85.1 Å². The molecule has 2 N–H and O–H groups in total. The van der Waals surface area contributed by atoms with Crippen molar-refractivity contribution in [1.29, 1.82) is 0 Å². The summed E-state index contributed by atoms with van der Waals surface area (Å²) in [7, 11) is 0. The van der Waals surface area contributed by atoms with Gasteiger partial charge in [0.2, 0.25) is 0 Å². The van der Waals surface area contributed by atoms with Gasteiger partial charge >= 0.3 is 0 Å². The van der Waals surface area contributed by atoms with Gasteiger partial charge in [-0.25, -0.2) is 0 Å². The van der Waals surface area contributed by atoms with Gasteiger partial charge in [0.25, 0.3) is 0 Å². The summed E-state index contributed by atoms with van der Waals surface area (Å²) in [5.41, 5.74) is 16.5. The van der Waals surface area contributed by atoms with Crippen LogP contribution in [0.3, 0.4) is 0 Å². The van der Waals surface area contributed by atoms with Crippen LogP contribution in [-0.2, 0) is 0 Å². The van der Waals surface area contributed by atoms with Gasteiger partial charge in [0.15, 0.2) is 0 Å². The maximum atomic E-state index is 4.30. The SMILES string of the molecule is Cc1cccc(C)c1NC1c2cccc3cccc(c23)C1Nc1c(C)cc(C(c2ccccc2)c2ccccc2)cc1C(c1ccccc1)c1ccccc1. The van der Waals surface area contributed by atoms with E-state index >= 15 is 0 Å². The number of anilines is 2. The number of aryl methyl sites for hydroxylation is 3. The number of hydrogen-bond donors (Lipinski definition) is 2. The lowest BCUT2D eigenvalue weighted by atomic mass is 9.78. The molecule has 9 rings (SSSR count). The molecule has 0 aromatic heterocycles. The van der Waals surface area contributed by atoms with Gasteiger partial charge in [0.05, 0.1) is 12.1 Å². The summed E-state index contributed by atoms with van der Waals surface area (Å²) in [6.45, 7) is 6.72. The number of hydrogen-bond acceptors (Lipinski definition) is 2. The fraction of sp³-hybridized carbons (Fsp3) is 0.132. The van der Waals surface area contributed by atoms with Gasteiger partial charge in [-0.05, 0) is 92.7 Å². The third-order valence-electron chi connectivity index (χ3n) is 11.6. The number of benzene rings is 8. The van der Waals surface area contributed by atoms with E-state index in [1.807, 2.05) is 0 Å². The molecule has 0 radical (unpaired) electrons. The molecule has 0 saturated carbocycles. The van der Waals surface area contributed by atoms with Crippen LogP contribution in [-0.4, -0.2) is 0 Å². The van der Waals surface area contributed by atoms with Gasteiger partial charge in [-0.15, -0.1) is 0 Å². The summed E-state index contributed by atoms with van der Waals surface area (Å²) in [6, 6.07) is 69.1. The average molecular weight is 711 g/mol. The lowest BCUT2D eigenvalue weighted by molar-refractivity contribution is 0.678. The van der Waals surface area contributed by atoms with Crippen molar-refractivity contribution in [3.05, 3.63) is 249 Å².